The number of aliphatic hydroxyl groups is 1. The monoisotopic (exact) mass is 162 g/mol. The molecule has 1 N–H and O–H groups in total. The fourth-order valence-corrected chi connectivity index (χ4v) is 1.88. The van der Waals surface area contributed by atoms with E-state index in [0.29, 0.717) is 5.92 Å². The van der Waals surface area contributed by atoms with E-state index in [2.05, 4.69) is 6.92 Å². The molecule has 0 amide bonds. The van der Waals surface area contributed by atoms with Crippen molar-refractivity contribution in [2.75, 3.05) is 0 Å². The molecule has 1 nitrogen and oxygen atoms in total. The molecule has 2 atom stereocenters. The topological polar surface area (TPSA) is 20.2 Å². The van der Waals surface area contributed by atoms with Crippen molar-refractivity contribution in [2.24, 2.45) is 5.92 Å². The van der Waals surface area contributed by atoms with E-state index in [4.69, 9.17) is 0 Å². The zero-order chi connectivity index (χ0) is 8.60. The Balaban J connectivity index is 2.23. The fraction of sp³-hybridized carbons (Fsp3) is 0.455. The van der Waals surface area contributed by atoms with Gasteiger partial charge in [-0.2, -0.15) is 0 Å². The molecule has 1 aromatic carbocycles. The third-order valence-electron chi connectivity index (χ3n) is 2.84. The van der Waals surface area contributed by atoms with Crippen LogP contribution in [0.3, 0.4) is 0 Å². The lowest BCUT2D eigenvalue weighted by molar-refractivity contribution is 0.130. The van der Waals surface area contributed by atoms with Crippen molar-refractivity contribution in [3.05, 3.63) is 35.9 Å². The fourth-order valence-electron chi connectivity index (χ4n) is 1.88. The molecule has 0 aliphatic heterocycles. The van der Waals surface area contributed by atoms with Crippen molar-refractivity contribution in [1.82, 2.24) is 0 Å². The Bertz CT molecular complexity index is 268. The molecular formula is C11H14O. The highest BCUT2D eigenvalue weighted by atomic mass is 16.3. The van der Waals surface area contributed by atoms with Gasteiger partial charge in [-0.1, -0.05) is 43.7 Å². The van der Waals surface area contributed by atoms with E-state index >= 15 is 0 Å². The molecular weight excluding hydrogens is 148 g/mol. The molecule has 1 aliphatic rings. The van der Waals surface area contributed by atoms with Crippen LogP contribution in [-0.4, -0.2) is 5.11 Å². The molecule has 0 radical (unpaired) electrons. The molecule has 0 bridgehead atoms. The molecule has 12 heavy (non-hydrogen) atoms. The van der Waals surface area contributed by atoms with Gasteiger partial charge in [0.15, 0.2) is 0 Å². The van der Waals surface area contributed by atoms with Gasteiger partial charge in [0, 0.05) is 0 Å². The molecule has 0 unspecified atom stereocenters. The molecule has 64 valence electrons. The highest BCUT2D eigenvalue weighted by molar-refractivity contribution is 5.29. The standard InChI is InChI=1S/C11H14O/c1-2-9-8-11(9,12)10-6-4-3-5-7-10/h3-7,9,12H,2,8H2,1H3/t9-,11-/m1/s1. The molecule has 0 spiro atoms. The van der Waals surface area contributed by atoms with E-state index in [0.717, 1.165) is 18.4 Å². The van der Waals surface area contributed by atoms with Gasteiger partial charge in [0.2, 0.25) is 0 Å². The van der Waals surface area contributed by atoms with Crippen molar-refractivity contribution >= 4 is 0 Å². The normalized spacial score (nSPS) is 33.3. The largest absolute Gasteiger partial charge is 0.385 e. The van der Waals surface area contributed by atoms with Gasteiger partial charge in [0.25, 0.3) is 0 Å². The minimum absolute atomic E-state index is 0.486. The van der Waals surface area contributed by atoms with Crippen LogP contribution in [0.2, 0.25) is 0 Å². The van der Waals surface area contributed by atoms with Crippen LogP contribution in [-0.2, 0) is 5.60 Å². The lowest BCUT2D eigenvalue weighted by Crippen LogP contribution is -2.07. The smallest absolute Gasteiger partial charge is 0.0929 e. The Labute approximate surface area is 73.0 Å². The van der Waals surface area contributed by atoms with Gasteiger partial charge in [-0.15, -0.1) is 0 Å². The van der Waals surface area contributed by atoms with E-state index in [9.17, 15) is 5.11 Å². The quantitative estimate of drug-likeness (QED) is 0.707. The molecule has 1 saturated carbocycles. The summed E-state index contributed by atoms with van der Waals surface area (Å²) in [5.74, 6) is 0.486. The van der Waals surface area contributed by atoms with Gasteiger partial charge >= 0.3 is 0 Å². The lowest BCUT2D eigenvalue weighted by atomic mass is 10.1. The summed E-state index contributed by atoms with van der Waals surface area (Å²) in [5.41, 5.74) is 0.590. The van der Waals surface area contributed by atoms with E-state index in [1.165, 1.54) is 0 Å². The summed E-state index contributed by atoms with van der Waals surface area (Å²) in [4.78, 5) is 0. The lowest BCUT2D eigenvalue weighted by Gasteiger charge is -2.09. The predicted molar refractivity (Wildman–Crippen MR) is 48.7 cm³/mol. The minimum Gasteiger partial charge on any atom is -0.385 e. The van der Waals surface area contributed by atoms with Crippen LogP contribution >= 0.6 is 0 Å². The average molecular weight is 162 g/mol. The maximum Gasteiger partial charge on any atom is 0.0929 e. The predicted octanol–water partition coefficient (Wildman–Crippen LogP) is 2.30. The highest BCUT2D eigenvalue weighted by Gasteiger charge is 2.52. The zero-order valence-electron chi connectivity index (χ0n) is 7.33. The number of rotatable bonds is 2. The van der Waals surface area contributed by atoms with E-state index in [1.807, 2.05) is 30.3 Å². The summed E-state index contributed by atoms with van der Waals surface area (Å²) in [5, 5.41) is 10.1. The Morgan fingerprint density at radius 2 is 2.08 bits per heavy atom. The van der Waals surface area contributed by atoms with Crippen molar-refractivity contribution in [1.29, 1.82) is 0 Å². The summed E-state index contributed by atoms with van der Waals surface area (Å²) in [6.07, 6.45) is 2.01. The third kappa shape index (κ3) is 1.05. The van der Waals surface area contributed by atoms with Crippen LogP contribution in [0.25, 0.3) is 0 Å². The molecule has 0 heterocycles. The van der Waals surface area contributed by atoms with Crippen LogP contribution in [0.1, 0.15) is 25.3 Å². The minimum atomic E-state index is -0.490. The van der Waals surface area contributed by atoms with E-state index < -0.39 is 5.60 Å². The first kappa shape index (κ1) is 7.81. The molecule has 0 aromatic heterocycles. The summed E-state index contributed by atoms with van der Waals surface area (Å²) in [6.45, 7) is 2.13. The molecule has 1 fully saturated rings. The SMILES string of the molecule is CC[C@@H]1C[C@]1(O)c1ccccc1. The second-order valence-electron chi connectivity index (χ2n) is 3.60. The molecule has 2 rings (SSSR count). The van der Waals surface area contributed by atoms with Crippen LogP contribution < -0.4 is 0 Å². The first-order valence-corrected chi connectivity index (χ1v) is 4.55. The molecule has 1 heteroatoms. The van der Waals surface area contributed by atoms with Crippen molar-refractivity contribution < 1.29 is 5.11 Å². The first-order valence-electron chi connectivity index (χ1n) is 4.55. The Morgan fingerprint density at radius 3 is 2.58 bits per heavy atom. The van der Waals surface area contributed by atoms with Crippen molar-refractivity contribution in [3.63, 3.8) is 0 Å². The van der Waals surface area contributed by atoms with Crippen LogP contribution in [0.4, 0.5) is 0 Å². The Hall–Kier alpha value is -0.820. The van der Waals surface area contributed by atoms with E-state index in [1.54, 1.807) is 0 Å². The number of hydrogen-bond donors (Lipinski definition) is 1. The van der Waals surface area contributed by atoms with Crippen LogP contribution in [0.5, 0.6) is 0 Å². The summed E-state index contributed by atoms with van der Waals surface area (Å²) < 4.78 is 0. The van der Waals surface area contributed by atoms with Gasteiger partial charge in [-0.05, 0) is 17.9 Å². The van der Waals surface area contributed by atoms with Gasteiger partial charge in [0.05, 0.1) is 5.60 Å². The summed E-state index contributed by atoms with van der Waals surface area (Å²) in [7, 11) is 0. The van der Waals surface area contributed by atoms with Gasteiger partial charge in [-0.25, -0.2) is 0 Å². The average Bonchev–Trinajstić information content (AvgIpc) is 2.81. The maximum absolute atomic E-state index is 10.1. The van der Waals surface area contributed by atoms with Gasteiger partial charge < -0.3 is 5.11 Å². The maximum atomic E-state index is 10.1. The van der Waals surface area contributed by atoms with Crippen LogP contribution in [0.15, 0.2) is 30.3 Å². The Morgan fingerprint density at radius 1 is 1.42 bits per heavy atom. The second kappa shape index (κ2) is 2.60. The zero-order valence-corrected chi connectivity index (χ0v) is 7.33. The summed E-state index contributed by atoms with van der Waals surface area (Å²) >= 11 is 0. The van der Waals surface area contributed by atoms with Crippen molar-refractivity contribution in [2.45, 2.75) is 25.4 Å². The van der Waals surface area contributed by atoms with E-state index in [-0.39, 0.29) is 0 Å². The molecule has 1 aromatic rings. The summed E-state index contributed by atoms with van der Waals surface area (Å²) in [6, 6.07) is 9.97. The molecule has 1 aliphatic carbocycles. The van der Waals surface area contributed by atoms with Crippen molar-refractivity contribution in [3.8, 4) is 0 Å². The van der Waals surface area contributed by atoms with Gasteiger partial charge in [0.1, 0.15) is 0 Å². The van der Waals surface area contributed by atoms with Crippen LogP contribution in [0, 0.1) is 5.92 Å². The highest BCUT2D eigenvalue weighted by Crippen LogP contribution is 2.53. The number of benzene rings is 1. The third-order valence-corrected chi connectivity index (χ3v) is 2.84. The number of hydrogen-bond acceptors (Lipinski definition) is 1. The second-order valence-corrected chi connectivity index (χ2v) is 3.60. The Kier molecular flexibility index (Phi) is 1.69. The van der Waals surface area contributed by atoms with Gasteiger partial charge in [-0.3, -0.25) is 0 Å². The first-order chi connectivity index (χ1) is 5.77. The molecule has 0 saturated heterocycles.